The molecule has 2 atom stereocenters. The van der Waals surface area contributed by atoms with E-state index in [2.05, 4.69) is 10.6 Å². The molecule has 3 N–H and O–H groups in total. The molecule has 1 aromatic rings. The maximum absolute atomic E-state index is 11.9. The number of methoxy groups -OCH3 is 1. The average Bonchev–Trinajstić information content (AvgIpc) is 3.20. The summed E-state index contributed by atoms with van der Waals surface area (Å²) in [6, 6.07) is 4.79. The lowest BCUT2D eigenvalue weighted by Crippen LogP contribution is -2.17. The Morgan fingerprint density at radius 1 is 1.24 bits per heavy atom. The van der Waals surface area contributed by atoms with Crippen molar-refractivity contribution >= 4 is 29.2 Å². The van der Waals surface area contributed by atoms with Crippen molar-refractivity contribution in [3.05, 3.63) is 18.2 Å². The van der Waals surface area contributed by atoms with Gasteiger partial charge in [0.25, 0.3) is 0 Å². The summed E-state index contributed by atoms with van der Waals surface area (Å²) in [5.74, 6) is -2.17. The van der Waals surface area contributed by atoms with Gasteiger partial charge in [0, 0.05) is 18.7 Å². The maximum Gasteiger partial charge on any atom is 0.307 e. The number of carbonyl (C=O) groups excluding carboxylic acids is 2. The Bertz CT molecular complexity index is 599. The second-order valence-corrected chi connectivity index (χ2v) is 4.87. The summed E-state index contributed by atoms with van der Waals surface area (Å²) in [6.07, 6.45) is 0.363. The Morgan fingerprint density at radius 3 is 2.48 bits per heavy atom. The predicted molar refractivity (Wildman–Crippen MR) is 75.2 cm³/mol. The van der Waals surface area contributed by atoms with E-state index in [-0.39, 0.29) is 11.8 Å². The van der Waals surface area contributed by atoms with Crippen LogP contribution in [0.4, 0.5) is 11.4 Å². The lowest BCUT2D eigenvalue weighted by Gasteiger charge is -2.11. The SMILES string of the molecule is COc1cc(NC(=O)[C@@H]2C[C@@H]2C(=O)O)ccc1NC(C)=O. The number of carboxylic acids is 1. The molecule has 2 rings (SSSR count). The summed E-state index contributed by atoms with van der Waals surface area (Å²) in [7, 11) is 1.45. The normalized spacial score (nSPS) is 19.5. The molecule has 0 bridgehead atoms. The third-order valence-corrected chi connectivity index (χ3v) is 3.22. The zero-order valence-electron chi connectivity index (χ0n) is 11.7. The highest BCUT2D eigenvalue weighted by Crippen LogP contribution is 2.39. The Hall–Kier alpha value is -2.57. The molecule has 1 fully saturated rings. The molecule has 1 saturated carbocycles. The van der Waals surface area contributed by atoms with Crippen molar-refractivity contribution in [1.82, 2.24) is 0 Å². The molecule has 112 valence electrons. The van der Waals surface area contributed by atoms with Crippen LogP contribution in [0.2, 0.25) is 0 Å². The number of benzene rings is 1. The number of hydrogen-bond donors (Lipinski definition) is 3. The van der Waals surface area contributed by atoms with E-state index in [0.717, 1.165) is 0 Å². The molecule has 7 heteroatoms. The first-order chi connectivity index (χ1) is 9.92. The van der Waals surface area contributed by atoms with E-state index in [4.69, 9.17) is 9.84 Å². The summed E-state index contributed by atoms with van der Waals surface area (Å²) < 4.78 is 5.14. The van der Waals surface area contributed by atoms with Gasteiger partial charge >= 0.3 is 5.97 Å². The minimum absolute atomic E-state index is 0.229. The first-order valence-corrected chi connectivity index (χ1v) is 6.41. The Morgan fingerprint density at radius 2 is 1.95 bits per heavy atom. The van der Waals surface area contributed by atoms with E-state index in [1.165, 1.54) is 14.0 Å². The van der Waals surface area contributed by atoms with Crippen LogP contribution in [0.15, 0.2) is 18.2 Å². The summed E-state index contributed by atoms with van der Waals surface area (Å²) in [6.45, 7) is 1.38. The van der Waals surface area contributed by atoms with E-state index in [1.807, 2.05) is 0 Å². The van der Waals surface area contributed by atoms with Gasteiger partial charge in [0.2, 0.25) is 11.8 Å². The smallest absolute Gasteiger partial charge is 0.307 e. The molecule has 0 aliphatic heterocycles. The highest BCUT2D eigenvalue weighted by molar-refractivity contribution is 5.99. The molecule has 0 spiro atoms. The lowest BCUT2D eigenvalue weighted by molar-refractivity contribution is -0.139. The quantitative estimate of drug-likeness (QED) is 0.759. The molecule has 0 radical (unpaired) electrons. The minimum Gasteiger partial charge on any atom is -0.494 e. The standard InChI is InChI=1S/C14H16N2O5/c1-7(17)15-11-4-3-8(5-12(11)21-2)16-13(18)9-6-10(9)14(19)20/h3-5,9-10H,6H2,1-2H3,(H,15,17)(H,16,18)(H,19,20)/t9-,10+/m1/s1. The van der Waals surface area contributed by atoms with Crippen LogP contribution >= 0.6 is 0 Å². The highest BCUT2D eigenvalue weighted by atomic mass is 16.5. The van der Waals surface area contributed by atoms with Crippen LogP contribution in [0.3, 0.4) is 0 Å². The second-order valence-electron chi connectivity index (χ2n) is 4.87. The van der Waals surface area contributed by atoms with Gasteiger partial charge in [-0.1, -0.05) is 0 Å². The van der Waals surface area contributed by atoms with Gasteiger partial charge in [-0.3, -0.25) is 14.4 Å². The van der Waals surface area contributed by atoms with Gasteiger partial charge in [0.05, 0.1) is 24.6 Å². The van der Waals surface area contributed by atoms with E-state index in [9.17, 15) is 14.4 Å². The summed E-state index contributed by atoms with van der Waals surface area (Å²) in [4.78, 5) is 33.7. The summed E-state index contributed by atoms with van der Waals surface area (Å²) >= 11 is 0. The van der Waals surface area contributed by atoms with Gasteiger partial charge < -0.3 is 20.5 Å². The number of carboxylic acid groups (broad SMARTS) is 1. The molecule has 0 saturated heterocycles. The van der Waals surface area contributed by atoms with Crippen molar-refractivity contribution in [3.8, 4) is 5.75 Å². The van der Waals surface area contributed by atoms with Gasteiger partial charge in [-0.2, -0.15) is 0 Å². The predicted octanol–water partition coefficient (Wildman–Crippen LogP) is 1.31. The van der Waals surface area contributed by atoms with Gasteiger partial charge in [-0.25, -0.2) is 0 Å². The molecular formula is C14H16N2O5. The molecular weight excluding hydrogens is 276 g/mol. The molecule has 0 heterocycles. The maximum atomic E-state index is 11.9. The molecule has 2 amide bonds. The summed E-state index contributed by atoms with van der Waals surface area (Å²) in [5, 5.41) is 14.1. The number of carbonyl (C=O) groups is 3. The van der Waals surface area contributed by atoms with Crippen molar-refractivity contribution in [2.75, 3.05) is 17.7 Å². The molecule has 1 aliphatic carbocycles. The van der Waals surface area contributed by atoms with Gasteiger partial charge in [0.15, 0.2) is 0 Å². The van der Waals surface area contributed by atoms with Crippen molar-refractivity contribution < 1.29 is 24.2 Å². The number of ether oxygens (including phenoxy) is 1. The van der Waals surface area contributed by atoms with Crippen LogP contribution in [-0.4, -0.2) is 30.0 Å². The molecule has 1 aromatic carbocycles. The number of amides is 2. The van der Waals surface area contributed by atoms with Crippen molar-refractivity contribution in [1.29, 1.82) is 0 Å². The second kappa shape index (κ2) is 5.82. The average molecular weight is 292 g/mol. The number of rotatable bonds is 5. The zero-order chi connectivity index (χ0) is 15.6. The summed E-state index contributed by atoms with van der Waals surface area (Å²) in [5.41, 5.74) is 0.986. The fraction of sp³-hybridized carbons (Fsp3) is 0.357. The van der Waals surface area contributed by atoms with Crippen LogP contribution in [0.1, 0.15) is 13.3 Å². The Labute approximate surface area is 121 Å². The third-order valence-electron chi connectivity index (χ3n) is 3.22. The Kier molecular flexibility index (Phi) is 4.11. The molecule has 21 heavy (non-hydrogen) atoms. The van der Waals surface area contributed by atoms with Crippen molar-refractivity contribution in [3.63, 3.8) is 0 Å². The van der Waals surface area contributed by atoms with Crippen LogP contribution < -0.4 is 15.4 Å². The first kappa shape index (κ1) is 14.8. The van der Waals surface area contributed by atoms with E-state index in [0.29, 0.717) is 23.5 Å². The van der Waals surface area contributed by atoms with Crippen LogP contribution in [-0.2, 0) is 14.4 Å². The van der Waals surface area contributed by atoms with E-state index >= 15 is 0 Å². The van der Waals surface area contributed by atoms with E-state index < -0.39 is 17.8 Å². The van der Waals surface area contributed by atoms with Crippen molar-refractivity contribution in [2.45, 2.75) is 13.3 Å². The van der Waals surface area contributed by atoms with E-state index in [1.54, 1.807) is 18.2 Å². The largest absolute Gasteiger partial charge is 0.494 e. The zero-order valence-corrected chi connectivity index (χ0v) is 11.7. The fourth-order valence-corrected chi connectivity index (χ4v) is 2.05. The van der Waals surface area contributed by atoms with Gasteiger partial charge in [-0.05, 0) is 18.6 Å². The lowest BCUT2D eigenvalue weighted by atomic mass is 10.2. The molecule has 0 aromatic heterocycles. The first-order valence-electron chi connectivity index (χ1n) is 6.41. The van der Waals surface area contributed by atoms with Crippen LogP contribution in [0, 0.1) is 11.8 Å². The number of aliphatic carboxylic acids is 1. The third kappa shape index (κ3) is 3.50. The number of hydrogen-bond acceptors (Lipinski definition) is 4. The monoisotopic (exact) mass is 292 g/mol. The fourth-order valence-electron chi connectivity index (χ4n) is 2.05. The topological polar surface area (TPSA) is 105 Å². The van der Waals surface area contributed by atoms with Crippen LogP contribution in [0.5, 0.6) is 5.75 Å². The minimum atomic E-state index is -0.950. The van der Waals surface area contributed by atoms with Crippen molar-refractivity contribution in [2.24, 2.45) is 11.8 Å². The van der Waals surface area contributed by atoms with Gasteiger partial charge in [-0.15, -0.1) is 0 Å². The Balaban J connectivity index is 2.06. The molecule has 0 unspecified atom stereocenters. The number of anilines is 2. The van der Waals surface area contributed by atoms with Gasteiger partial charge in [0.1, 0.15) is 5.75 Å². The molecule has 7 nitrogen and oxygen atoms in total. The van der Waals surface area contributed by atoms with Crippen LogP contribution in [0.25, 0.3) is 0 Å². The molecule has 1 aliphatic rings. The number of nitrogens with one attached hydrogen (secondary N) is 2. The highest BCUT2D eigenvalue weighted by Gasteiger charge is 2.48.